The Morgan fingerprint density at radius 3 is 2.85 bits per heavy atom. The molecule has 2 aromatic carbocycles. The molecule has 0 fully saturated rings. The van der Waals surface area contributed by atoms with Crippen LogP contribution in [0, 0.1) is 5.82 Å². The van der Waals surface area contributed by atoms with Gasteiger partial charge in [0.15, 0.2) is 0 Å². The lowest BCUT2D eigenvalue weighted by molar-refractivity contribution is 0.596. The van der Waals surface area contributed by atoms with Crippen molar-refractivity contribution in [2.75, 3.05) is 11.5 Å². The normalized spacial score (nSPS) is 18.8. The van der Waals surface area contributed by atoms with E-state index in [-0.39, 0.29) is 10.1 Å². The lowest BCUT2D eigenvalue weighted by Gasteiger charge is -2.09. The van der Waals surface area contributed by atoms with Gasteiger partial charge in [-0.2, -0.15) is 0 Å². The van der Waals surface area contributed by atoms with E-state index in [1.165, 1.54) is 22.6 Å². The fourth-order valence-electron chi connectivity index (χ4n) is 2.31. The van der Waals surface area contributed by atoms with Crippen LogP contribution in [-0.4, -0.2) is 15.2 Å². The molecular weight excluding hydrogens is 293 g/mol. The van der Waals surface area contributed by atoms with Gasteiger partial charge in [-0.25, -0.2) is 4.39 Å². The highest BCUT2D eigenvalue weighted by Gasteiger charge is 2.24. The standard InChI is InChI=1S/C15H14FNOS2/c16-13-8-11(17)5-6-15(13)20(18)9-12-7-10-3-1-2-4-14(10)19-12/h1-6,8,12H,7,9,17H2. The monoisotopic (exact) mass is 307 g/mol. The first-order chi connectivity index (χ1) is 9.63. The summed E-state index contributed by atoms with van der Waals surface area (Å²) in [5.74, 6) is -0.0240. The first-order valence-corrected chi connectivity index (χ1v) is 8.51. The second-order valence-electron chi connectivity index (χ2n) is 4.75. The SMILES string of the molecule is Nc1ccc(S(=O)CC2Cc3ccccc3S2)c(F)c1. The van der Waals surface area contributed by atoms with E-state index < -0.39 is 16.6 Å². The van der Waals surface area contributed by atoms with Crippen LogP contribution < -0.4 is 5.73 Å². The average Bonchev–Trinajstić information content (AvgIpc) is 2.80. The van der Waals surface area contributed by atoms with Crippen LogP contribution in [0.25, 0.3) is 0 Å². The number of hydrogen-bond donors (Lipinski definition) is 1. The van der Waals surface area contributed by atoms with Gasteiger partial charge in [-0.1, -0.05) is 18.2 Å². The predicted octanol–water partition coefficient (Wildman–Crippen LogP) is 3.23. The molecule has 3 rings (SSSR count). The molecule has 0 amide bonds. The molecule has 2 atom stereocenters. The molecule has 1 aliphatic rings. The van der Waals surface area contributed by atoms with Crippen LogP contribution in [0.3, 0.4) is 0 Å². The average molecular weight is 307 g/mol. The molecule has 0 spiro atoms. The minimum Gasteiger partial charge on any atom is -0.399 e. The van der Waals surface area contributed by atoms with Crippen molar-refractivity contribution in [2.24, 2.45) is 0 Å². The Bertz CT molecular complexity index is 650. The Morgan fingerprint density at radius 2 is 2.10 bits per heavy atom. The Morgan fingerprint density at radius 1 is 1.30 bits per heavy atom. The molecule has 0 aliphatic carbocycles. The van der Waals surface area contributed by atoms with E-state index in [9.17, 15) is 8.60 Å². The van der Waals surface area contributed by atoms with Crippen molar-refractivity contribution in [3.05, 3.63) is 53.8 Å². The number of benzene rings is 2. The molecule has 2 nitrogen and oxygen atoms in total. The number of nitrogen functional groups attached to an aromatic ring is 1. The Kier molecular flexibility index (Phi) is 3.81. The molecular formula is C15H14FNOS2. The second kappa shape index (κ2) is 5.58. The Balaban J connectivity index is 1.72. The number of rotatable bonds is 3. The van der Waals surface area contributed by atoms with Gasteiger partial charge in [0.1, 0.15) is 5.82 Å². The third-order valence-corrected chi connectivity index (χ3v) is 6.31. The molecule has 0 saturated heterocycles. The molecule has 0 saturated carbocycles. The smallest absolute Gasteiger partial charge is 0.141 e. The largest absolute Gasteiger partial charge is 0.399 e. The molecule has 0 bridgehead atoms. The van der Waals surface area contributed by atoms with E-state index >= 15 is 0 Å². The second-order valence-corrected chi connectivity index (χ2v) is 7.56. The number of fused-ring (bicyclic) bond motifs is 1. The number of thioether (sulfide) groups is 1. The molecule has 104 valence electrons. The fraction of sp³-hybridized carbons (Fsp3) is 0.200. The minimum atomic E-state index is -1.33. The lowest BCUT2D eigenvalue weighted by atomic mass is 10.1. The summed E-state index contributed by atoms with van der Waals surface area (Å²) >= 11 is 1.73. The van der Waals surface area contributed by atoms with Crippen LogP contribution in [0.1, 0.15) is 5.56 Å². The van der Waals surface area contributed by atoms with Crippen LogP contribution in [-0.2, 0) is 17.2 Å². The van der Waals surface area contributed by atoms with Crippen molar-refractivity contribution in [1.82, 2.24) is 0 Å². The highest BCUT2D eigenvalue weighted by Crippen LogP contribution is 2.37. The van der Waals surface area contributed by atoms with Crippen LogP contribution in [0.2, 0.25) is 0 Å². The molecule has 0 radical (unpaired) electrons. The van der Waals surface area contributed by atoms with Crippen LogP contribution in [0.4, 0.5) is 10.1 Å². The Hall–Kier alpha value is -1.33. The summed E-state index contributed by atoms with van der Waals surface area (Å²) < 4.78 is 26.1. The third-order valence-electron chi connectivity index (χ3n) is 3.25. The van der Waals surface area contributed by atoms with E-state index in [0.717, 1.165) is 6.42 Å². The maximum atomic E-state index is 13.8. The summed E-state index contributed by atoms with van der Waals surface area (Å²) in [6, 6.07) is 12.5. The van der Waals surface area contributed by atoms with Gasteiger partial charge in [0, 0.05) is 21.6 Å². The van der Waals surface area contributed by atoms with E-state index in [4.69, 9.17) is 5.73 Å². The molecule has 2 N–H and O–H groups in total. The zero-order valence-corrected chi connectivity index (χ0v) is 12.3. The van der Waals surface area contributed by atoms with E-state index in [1.807, 2.05) is 12.1 Å². The lowest BCUT2D eigenvalue weighted by Crippen LogP contribution is -2.13. The van der Waals surface area contributed by atoms with Gasteiger partial charge >= 0.3 is 0 Å². The molecule has 2 unspecified atom stereocenters. The van der Waals surface area contributed by atoms with Gasteiger partial charge in [0.25, 0.3) is 0 Å². The van der Waals surface area contributed by atoms with Crippen molar-refractivity contribution in [1.29, 1.82) is 0 Å². The van der Waals surface area contributed by atoms with Crippen LogP contribution in [0.5, 0.6) is 0 Å². The van der Waals surface area contributed by atoms with Gasteiger partial charge in [-0.3, -0.25) is 4.21 Å². The van der Waals surface area contributed by atoms with Gasteiger partial charge in [0.05, 0.1) is 15.7 Å². The van der Waals surface area contributed by atoms with Crippen molar-refractivity contribution in [3.63, 3.8) is 0 Å². The van der Waals surface area contributed by atoms with Gasteiger partial charge in [-0.05, 0) is 36.2 Å². The molecule has 2 aromatic rings. The highest BCUT2D eigenvalue weighted by molar-refractivity contribution is 8.01. The summed E-state index contributed by atoms with van der Waals surface area (Å²) in [6.45, 7) is 0. The van der Waals surface area contributed by atoms with Gasteiger partial charge < -0.3 is 5.73 Å². The molecule has 1 aliphatic heterocycles. The highest BCUT2D eigenvalue weighted by atomic mass is 32.2. The molecule has 20 heavy (non-hydrogen) atoms. The van der Waals surface area contributed by atoms with Crippen molar-refractivity contribution in [3.8, 4) is 0 Å². The topological polar surface area (TPSA) is 43.1 Å². The maximum absolute atomic E-state index is 13.8. The Labute approximate surface area is 124 Å². The zero-order chi connectivity index (χ0) is 14.1. The van der Waals surface area contributed by atoms with Gasteiger partial charge in [-0.15, -0.1) is 11.8 Å². The quantitative estimate of drug-likeness (QED) is 0.885. The summed E-state index contributed by atoms with van der Waals surface area (Å²) in [5, 5.41) is 0.241. The molecule has 1 heterocycles. The summed E-state index contributed by atoms with van der Waals surface area (Å²) in [7, 11) is -1.33. The van der Waals surface area contributed by atoms with E-state index in [0.29, 0.717) is 11.4 Å². The fourth-order valence-corrected chi connectivity index (χ4v) is 5.16. The van der Waals surface area contributed by atoms with Crippen molar-refractivity contribution in [2.45, 2.75) is 21.5 Å². The van der Waals surface area contributed by atoms with Crippen molar-refractivity contribution < 1.29 is 8.60 Å². The number of halogens is 1. The molecule has 0 aromatic heterocycles. The number of anilines is 1. The van der Waals surface area contributed by atoms with Crippen LogP contribution in [0.15, 0.2) is 52.3 Å². The minimum absolute atomic E-state index is 0.241. The summed E-state index contributed by atoms with van der Waals surface area (Å²) in [4.78, 5) is 1.49. The maximum Gasteiger partial charge on any atom is 0.141 e. The molecule has 5 heteroatoms. The number of hydrogen-bond acceptors (Lipinski definition) is 3. The first kappa shape index (κ1) is 13.6. The van der Waals surface area contributed by atoms with Crippen LogP contribution >= 0.6 is 11.8 Å². The first-order valence-electron chi connectivity index (χ1n) is 6.31. The predicted molar refractivity (Wildman–Crippen MR) is 81.9 cm³/mol. The third kappa shape index (κ3) is 2.74. The van der Waals surface area contributed by atoms with E-state index in [1.54, 1.807) is 17.8 Å². The number of nitrogens with two attached hydrogens (primary N) is 1. The zero-order valence-electron chi connectivity index (χ0n) is 10.7. The summed E-state index contributed by atoms with van der Waals surface area (Å²) in [6.07, 6.45) is 0.892. The van der Waals surface area contributed by atoms with Gasteiger partial charge in [0.2, 0.25) is 0 Å². The summed E-state index contributed by atoms with van der Waals surface area (Å²) in [5.41, 5.74) is 7.15. The van der Waals surface area contributed by atoms with E-state index in [2.05, 4.69) is 12.1 Å². The van der Waals surface area contributed by atoms with Crippen molar-refractivity contribution >= 4 is 28.2 Å².